The SMILES string of the molecule is Cc1cccc(C2SCC(=O)N(CC(=O)NCC(C)C)c3c2c(-c2ccccc2)nn3-c2cccc(C)c2C)c1. The Kier molecular flexibility index (Phi) is 8.12. The Balaban J connectivity index is 1.80. The molecule has 206 valence electrons. The average molecular weight is 553 g/mol. The van der Waals surface area contributed by atoms with Crippen molar-refractivity contribution in [2.75, 3.05) is 23.7 Å². The fourth-order valence-electron chi connectivity index (χ4n) is 5.08. The molecule has 0 spiro atoms. The van der Waals surface area contributed by atoms with Crippen LogP contribution in [0.3, 0.4) is 0 Å². The topological polar surface area (TPSA) is 67.2 Å². The molecular formula is C33H36N4O2S. The number of carbonyl (C=O) groups excluding carboxylic acids is 2. The van der Waals surface area contributed by atoms with Crippen molar-refractivity contribution in [1.29, 1.82) is 0 Å². The van der Waals surface area contributed by atoms with E-state index in [0.717, 1.165) is 44.8 Å². The lowest BCUT2D eigenvalue weighted by Crippen LogP contribution is -2.43. The van der Waals surface area contributed by atoms with E-state index >= 15 is 0 Å². The molecule has 5 rings (SSSR count). The zero-order valence-electron chi connectivity index (χ0n) is 23.8. The van der Waals surface area contributed by atoms with E-state index in [1.54, 1.807) is 16.7 Å². The Labute approximate surface area is 240 Å². The molecule has 40 heavy (non-hydrogen) atoms. The molecule has 0 bridgehead atoms. The number of amides is 2. The Morgan fingerprint density at radius 2 is 1.77 bits per heavy atom. The summed E-state index contributed by atoms with van der Waals surface area (Å²) in [6.07, 6.45) is 0. The molecule has 6 nitrogen and oxygen atoms in total. The van der Waals surface area contributed by atoms with Crippen LogP contribution in [0.25, 0.3) is 16.9 Å². The normalized spacial score (nSPS) is 15.2. The highest BCUT2D eigenvalue weighted by molar-refractivity contribution is 8.00. The molecule has 2 heterocycles. The highest BCUT2D eigenvalue weighted by Crippen LogP contribution is 2.48. The molecule has 0 saturated heterocycles. The molecule has 2 amide bonds. The predicted octanol–water partition coefficient (Wildman–Crippen LogP) is 6.41. The minimum absolute atomic E-state index is 0.0650. The minimum atomic E-state index is -0.179. The summed E-state index contributed by atoms with van der Waals surface area (Å²) in [5.41, 5.74) is 8.12. The number of anilines is 1. The van der Waals surface area contributed by atoms with Gasteiger partial charge >= 0.3 is 0 Å². The fraction of sp³-hybridized carbons (Fsp3) is 0.303. The van der Waals surface area contributed by atoms with Crippen molar-refractivity contribution >= 4 is 29.4 Å². The second kappa shape index (κ2) is 11.7. The third-order valence-corrected chi connectivity index (χ3v) is 8.55. The van der Waals surface area contributed by atoms with E-state index in [0.29, 0.717) is 18.3 Å². The zero-order chi connectivity index (χ0) is 28.4. The van der Waals surface area contributed by atoms with Gasteiger partial charge in [0, 0.05) is 17.7 Å². The summed E-state index contributed by atoms with van der Waals surface area (Å²) in [5.74, 6) is 0.944. The lowest BCUT2D eigenvalue weighted by atomic mass is 9.98. The van der Waals surface area contributed by atoms with Crippen LogP contribution in [0.15, 0.2) is 72.8 Å². The molecule has 4 aromatic rings. The number of aromatic nitrogens is 2. The molecule has 1 N–H and O–H groups in total. The average Bonchev–Trinajstić information content (AvgIpc) is 3.25. The standard InChI is InChI=1S/C33H36N4O2S/c1-21(2)18-34-28(38)19-36-29(39)20-40-32(26-15-9-11-22(3)17-26)30-31(25-13-7-6-8-14-25)35-37(33(30)36)27-16-10-12-23(4)24(27)5/h6-17,21,32H,18-20H2,1-5H3,(H,34,38). The van der Waals surface area contributed by atoms with Gasteiger partial charge in [0.05, 0.1) is 22.4 Å². The van der Waals surface area contributed by atoms with E-state index in [-0.39, 0.29) is 29.4 Å². The summed E-state index contributed by atoms with van der Waals surface area (Å²) in [6, 6.07) is 24.7. The van der Waals surface area contributed by atoms with Crippen molar-refractivity contribution < 1.29 is 9.59 Å². The number of thioether (sulfide) groups is 1. The first-order valence-corrected chi connectivity index (χ1v) is 14.8. The second-order valence-corrected chi connectivity index (χ2v) is 12.0. The van der Waals surface area contributed by atoms with Crippen LogP contribution in [-0.4, -0.2) is 40.4 Å². The molecule has 7 heteroatoms. The van der Waals surface area contributed by atoms with Gasteiger partial charge in [-0.25, -0.2) is 4.68 Å². The van der Waals surface area contributed by atoms with Crippen LogP contribution in [0, 0.1) is 26.7 Å². The number of benzene rings is 3. The van der Waals surface area contributed by atoms with Crippen LogP contribution in [0.2, 0.25) is 0 Å². The van der Waals surface area contributed by atoms with E-state index in [1.807, 2.05) is 35.0 Å². The van der Waals surface area contributed by atoms with Crippen molar-refractivity contribution in [2.24, 2.45) is 5.92 Å². The van der Waals surface area contributed by atoms with Crippen LogP contribution in [0.1, 0.15) is 46.9 Å². The van der Waals surface area contributed by atoms with Crippen molar-refractivity contribution in [1.82, 2.24) is 15.1 Å². The van der Waals surface area contributed by atoms with Gasteiger partial charge in [-0.2, -0.15) is 5.10 Å². The third-order valence-electron chi connectivity index (χ3n) is 7.29. The molecule has 0 saturated carbocycles. The highest BCUT2D eigenvalue weighted by atomic mass is 32.2. The fourth-order valence-corrected chi connectivity index (χ4v) is 6.26. The number of nitrogens with one attached hydrogen (secondary N) is 1. The van der Waals surface area contributed by atoms with Gasteiger partial charge in [0.25, 0.3) is 0 Å². The smallest absolute Gasteiger partial charge is 0.240 e. The summed E-state index contributed by atoms with van der Waals surface area (Å²) in [5, 5.41) is 8.08. The van der Waals surface area contributed by atoms with Crippen LogP contribution in [0.4, 0.5) is 5.82 Å². The maximum atomic E-state index is 13.9. The Hall–Kier alpha value is -3.84. The summed E-state index contributed by atoms with van der Waals surface area (Å²) in [6.45, 7) is 10.8. The van der Waals surface area contributed by atoms with Gasteiger partial charge in [-0.1, -0.05) is 86.1 Å². The van der Waals surface area contributed by atoms with Crippen LogP contribution in [0.5, 0.6) is 0 Å². The molecule has 3 aromatic carbocycles. The number of rotatable bonds is 7. The molecule has 1 aliphatic heterocycles. The molecule has 0 aliphatic carbocycles. The summed E-state index contributed by atoms with van der Waals surface area (Å²) in [7, 11) is 0. The highest BCUT2D eigenvalue weighted by Gasteiger charge is 2.38. The first kappa shape index (κ1) is 27.7. The van der Waals surface area contributed by atoms with Gasteiger partial charge in [-0.15, -0.1) is 11.8 Å². The number of nitrogens with zero attached hydrogens (tertiary/aromatic N) is 3. The van der Waals surface area contributed by atoms with Crippen molar-refractivity contribution in [3.63, 3.8) is 0 Å². The molecule has 1 atom stereocenters. The molecule has 1 aliphatic rings. The van der Waals surface area contributed by atoms with Crippen LogP contribution in [-0.2, 0) is 9.59 Å². The van der Waals surface area contributed by atoms with E-state index in [1.165, 1.54) is 0 Å². The van der Waals surface area contributed by atoms with Gasteiger partial charge in [-0.3, -0.25) is 14.5 Å². The summed E-state index contributed by atoms with van der Waals surface area (Å²) in [4.78, 5) is 28.7. The Morgan fingerprint density at radius 3 is 2.50 bits per heavy atom. The van der Waals surface area contributed by atoms with Gasteiger partial charge < -0.3 is 5.32 Å². The van der Waals surface area contributed by atoms with E-state index < -0.39 is 0 Å². The molecule has 0 radical (unpaired) electrons. The quantitative estimate of drug-likeness (QED) is 0.288. The summed E-state index contributed by atoms with van der Waals surface area (Å²) >= 11 is 1.59. The van der Waals surface area contributed by atoms with Crippen molar-refractivity contribution in [2.45, 2.75) is 39.9 Å². The molecule has 1 aromatic heterocycles. The van der Waals surface area contributed by atoms with Gasteiger partial charge in [0.1, 0.15) is 12.4 Å². The number of carbonyl (C=O) groups is 2. The Morgan fingerprint density at radius 1 is 1.02 bits per heavy atom. The number of fused-ring (bicyclic) bond motifs is 1. The van der Waals surface area contributed by atoms with Crippen molar-refractivity contribution in [3.05, 3.63) is 101 Å². The van der Waals surface area contributed by atoms with Crippen molar-refractivity contribution in [3.8, 4) is 16.9 Å². The van der Waals surface area contributed by atoms with Crippen LogP contribution < -0.4 is 10.2 Å². The first-order valence-electron chi connectivity index (χ1n) is 13.7. The van der Waals surface area contributed by atoms with Gasteiger partial charge in [-0.05, 0) is 49.4 Å². The summed E-state index contributed by atoms with van der Waals surface area (Å²) < 4.78 is 1.89. The molecular weight excluding hydrogens is 516 g/mol. The van der Waals surface area contributed by atoms with E-state index in [9.17, 15) is 9.59 Å². The number of hydrogen-bond donors (Lipinski definition) is 1. The lowest BCUT2D eigenvalue weighted by molar-refractivity contribution is -0.123. The monoisotopic (exact) mass is 552 g/mol. The first-order chi connectivity index (χ1) is 19.2. The maximum Gasteiger partial charge on any atom is 0.240 e. The predicted molar refractivity (Wildman–Crippen MR) is 164 cm³/mol. The van der Waals surface area contributed by atoms with Crippen LogP contribution >= 0.6 is 11.8 Å². The number of aryl methyl sites for hydroxylation is 2. The Bertz CT molecular complexity index is 1540. The van der Waals surface area contributed by atoms with E-state index in [4.69, 9.17) is 5.10 Å². The lowest BCUT2D eigenvalue weighted by Gasteiger charge is -2.24. The van der Waals surface area contributed by atoms with Gasteiger partial charge in [0.15, 0.2) is 0 Å². The van der Waals surface area contributed by atoms with E-state index in [2.05, 4.69) is 82.4 Å². The molecule has 1 unspecified atom stereocenters. The zero-order valence-corrected chi connectivity index (χ0v) is 24.6. The number of hydrogen-bond acceptors (Lipinski definition) is 4. The molecule has 0 fully saturated rings. The third kappa shape index (κ3) is 5.56. The minimum Gasteiger partial charge on any atom is -0.354 e. The van der Waals surface area contributed by atoms with Gasteiger partial charge in [0.2, 0.25) is 11.8 Å². The largest absolute Gasteiger partial charge is 0.354 e. The second-order valence-electron chi connectivity index (χ2n) is 10.9. The maximum absolute atomic E-state index is 13.9.